The molecule has 1 aromatic carbocycles. The molecule has 0 aliphatic heterocycles. The lowest BCUT2D eigenvalue weighted by Crippen LogP contribution is -2.09. The van der Waals surface area contributed by atoms with Gasteiger partial charge >= 0.3 is 0 Å². The van der Waals surface area contributed by atoms with Crippen LogP contribution in [0.3, 0.4) is 0 Å². The zero-order chi connectivity index (χ0) is 10.9. The van der Waals surface area contributed by atoms with Crippen LogP contribution in [0, 0.1) is 0 Å². The third kappa shape index (κ3) is 5.08. The van der Waals surface area contributed by atoms with Gasteiger partial charge in [0.1, 0.15) is 0 Å². The molecule has 0 heterocycles. The van der Waals surface area contributed by atoms with Crippen LogP contribution < -0.4 is 11.1 Å². The molecule has 15 heavy (non-hydrogen) atoms. The monoisotopic (exact) mass is 206 g/mol. The maximum Gasteiger partial charge on any atom is 0.0639 e. The molecule has 0 atom stereocenters. The Balaban J connectivity index is 2.12. The molecule has 0 amide bonds. The highest BCUT2D eigenvalue weighted by Gasteiger charge is 1.91. The number of rotatable bonds is 7. The van der Waals surface area contributed by atoms with E-state index in [0.717, 1.165) is 30.9 Å². The van der Waals surface area contributed by atoms with E-state index in [-0.39, 0.29) is 0 Å². The highest BCUT2D eigenvalue weighted by atomic mass is 16.5. The van der Waals surface area contributed by atoms with E-state index in [0.29, 0.717) is 6.61 Å². The molecule has 0 spiro atoms. The van der Waals surface area contributed by atoms with Gasteiger partial charge in [-0.25, -0.2) is 0 Å². The third-order valence-corrected chi connectivity index (χ3v) is 1.93. The SMILES string of the molecule is C=CCCOCCNc1cccc(N)c1. The predicted molar refractivity (Wildman–Crippen MR) is 65.0 cm³/mol. The minimum Gasteiger partial charge on any atom is -0.399 e. The minimum absolute atomic E-state index is 0.697. The van der Waals surface area contributed by atoms with Gasteiger partial charge in [-0.15, -0.1) is 6.58 Å². The molecular weight excluding hydrogens is 188 g/mol. The molecule has 0 radical (unpaired) electrons. The van der Waals surface area contributed by atoms with Crippen LogP contribution in [0.5, 0.6) is 0 Å². The molecule has 1 aromatic rings. The van der Waals surface area contributed by atoms with Gasteiger partial charge in [0.2, 0.25) is 0 Å². The van der Waals surface area contributed by atoms with Crippen molar-refractivity contribution in [1.29, 1.82) is 0 Å². The molecule has 0 aromatic heterocycles. The predicted octanol–water partition coefficient (Wildman–Crippen LogP) is 2.27. The van der Waals surface area contributed by atoms with Gasteiger partial charge in [0.25, 0.3) is 0 Å². The van der Waals surface area contributed by atoms with Crippen molar-refractivity contribution in [3.05, 3.63) is 36.9 Å². The Hall–Kier alpha value is -1.48. The topological polar surface area (TPSA) is 47.3 Å². The highest BCUT2D eigenvalue weighted by molar-refractivity contribution is 5.53. The third-order valence-electron chi connectivity index (χ3n) is 1.93. The number of nitrogen functional groups attached to an aromatic ring is 1. The summed E-state index contributed by atoms with van der Waals surface area (Å²) >= 11 is 0. The van der Waals surface area contributed by atoms with Gasteiger partial charge in [-0.3, -0.25) is 0 Å². The molecule has 82 valence electrons. The van der Waals surface area contributed by atoms with Gasteiger partial charge in [0.05, 0.1) is 13.2 Å². The summed E-state index contributed by atoms with van der Waals surface area (Å²) in [7, 11) is 0. The van der Waals surface area contributed by atoms with Crippen molar-refractivity contribution in [2.24, 2.45) is 0 Å². The van der Waals surface area contributed by atoms with Crippen LogP contribution in [0.25, 0.3) is 0 Å². The molecule has 0 bridgehead atoms. The van der Waals surface area contributed by atoms with Crippen LogP contribution in [0.15, 0.2) is 36.9 Å². The maximum atomic E-state index is 5.65. The Labute approximate surface area is 90.9 Å². The summed E-state index contributed by atoms with van der Waals surface area (Å²) in [5.74, 6) is 0. The number of ether oxygens (including phenoxy) is 1. The Morgan fingerprint density at radius 2 is 2.27 bits per heavy atom. The fourth-order valence-electron chi connectivity index (χ4n) is 1.18. The van der Waals surface area contributed by atoms with E-state index in [2.05, 4.69) is 11.9 Å². The Bertz CT molecular complexity index is 299. The van der Waals surface area contributed by atoms with Crippen LogP contribution in [0.4, 0.5) is 11.4 Å². The van der Waals surface area contributed by atoms with E-state index in [1.54, 1.807) is 0 Å². The fraction of sp³-hybridized carbons (Fsp3) is 0.333. The lowest BCUT2D eigenvalue weighted by Gasteiger charge is -2.07. The normalized spacial score (nSPS) is 9.87. The van der Waals surface area contributed by atoms with E-state index in [4.69, 9.17) is 10.5 Å². The van der Waals surface area contributed by atoms with Gasteiger partial charge in [-0.1, -0.05) is 12.1 Å². The Morgan fingerprint density at radius 3 is 3.00 bits per heavy atom. The molecule has 0 fully saturated rings. The zero-order valence-corrected chi connectivity index (χ0v) is 8.91. The average Bonchev–Trinajstić information content (AvgIpc) is 2.23. The number of hydrogen-bond donors (Lipinski definition) is 2. The van der Waals surface area contributed by atoms with Crippen molar-refractivity contribution in [1.82, 2.24) is 0 Å². The highest BCUT2D eigenvalue weighted by Crippen LogP contribution is 2.10. The molecule has 0 saturated carbocycles. The van der Waals surface area contributed by atoms with E-state index in [1.165, 1.54) is 0 Å². The standard InChI is InChI=1S/C12H18N2O/c1-2-3-8-15-9-7-14-12-6-4-5-11(13)10-12/h2,4-6,10,14H,1,3,7-9,13H2. The molecular formula is C12H18N2O. The van der Waals surface area contributed by atoms with Crippen LogP contribution in [-0.2, 0) is 4.74 Å². The summed E-state index contributed by atoms with van der Waals surface area (Å²) in [6.45, 7) is 5.85. The summed E-state index contributed by atoms with van der Waals surface area (Å²) in [6, 6.07) is 7.69. The minimum atomic E-state index is 0.697. The lowest BCUT2D eigenvalue weighted by molar-refractivity contribution is 0.149. The molecule has 3 N–H and O–H groups in total. The first-order valence-electron chi connectivity index (χ1n) is 5.11. The maximum absolute atomic E-state index is 5.65. The van der Waals surface area contributed by atoms with Crippen molar-refractivity contribution >= 4 is 11.4 Å². The number of anilines is 2. The fourth-order valence-corrected chi connectivity index (χ4v) is 1.18. The number of benzene rings is 1. The Morgan fingerprint density at radius 1 is 1.40 bits per heavy atom. The number of nitrogens with one attached hydrogen (secondary N) is 1. The van der Waals surface area contributed by atoms with Gasteiger partial charge in [0.15, 0.2) is 0 Å². The first-order chi connectivity index (χ1) is 7.33. The summed E-state index contributed by atoms with van der Waals surface area (Å²) in [4.78, 5) is 0. The van der Waals surface area contributed by atoms with Crippen molar-refractivity contribution in [2.75, 3.05) is 30.8 Å². The van der Waals surface area contributed by atoms with E-state index in [1.807, 2.05) is 30.3 Å². The van der Waals surface area contributed by atoms with E-state index >= 15 is 0 Å². The van der Waals surface area contributed by atoms with Crippen molar-refractivity contribution in [2.45, 2.75) is 6.42 Å². The first kappa shape index (κ1) is 11.6. The van der Waals surface area contributed by atoms with Crippen LogP contribution in [0.1, 0.15) is 6.42 Å². The second kappa shape index (κ2) is 6.90. The van der Waals surface area contributed by atoms with Crippen LogP contribution >= 0.6 is 0 Å². The molecule has 0 aliphatic carbocycles. The van der Waals surface area contributed by atoms with Gasteiger partial charge < -0.3 is 15.8 Å². The van der Waals surface area contributed by atoms with Gasteiger partial charge in [0, 0.05) is 17.9 Å². The first-order valence-corrected chi connectivity index (χ1v) is 5.11. The molecule has 3 nitrogen and oxygen atoms in total. The average molecular weight is 206 g/mol. The Kier molecular flexibility index (Phi) is 5.33. The lowest BCUT2D eigenvalue weighted by atomic mass is 10.3. The number of nitrogens with two attached hydrogens (primary N) is 1. The molecule has 1 rings (SSSR count). The summed E-state index contributed by atoms with van der Waals surface area (Å²) in [5, 5.41) is 3.23. The molecule has 0 unspecified atom stereocenters. The molecule has 0 aliphatic rings. The zero-order valence-electron chi connectivity index (χ0n) is 8.91. The van der Waals surface area contributed by atoms with Crippen molar-refractivity contribution in [3.63, 3.8) is 0 Å². The van der Waals surface area contributed by atoms with Gasteiger partial charge in [-0.2, -0.15) is 0 Å². The van der Waals surface area contributed by atoms with E-state index < -0.39 is 0 Å². The van der Waals surface area contributed by atoms with Crippen LogP contribution in [0.2, 0.25) is 0 Å². The van der Waals surface area contributed by atoms with Gasteiger partial charge in [-0.05, 0) is 24.6 Å². The second-order valence-corrected chi connectivity index (χ2v) is 3.24. The summed E-state index contributed by atoms with van der Waals surface area (Å²) in [5.41, 5.74) is 7.45. The summed E-state index contributed by atoms with van der Waals surface area (Å²) < 4.78 is 5.36. The molecule has 3 heteroatoms. The van der Waals surface area contributed by atoms with E-state index in [9.17, 15) is 0 Å². The smallest absolute Gasteiger partial charge is 0.0639 e. The molecule has 0 saturated heterocycles. The number of hydrogen-bond acceptors (Lipinski definition) is 3. The largest absolute Gasteiger partial charge is 0.399 e. The van der Waals surface area contributed by atoms with Crippen molar-refractivity contribution < 1.29 is 4.74 Å². The summed E-state index contributed by atoms with van der Waals surface area (Å²) in [6.07, 6.45) is 2.75. The quantitative estimate of drug-likeness (QED) is 0.409. The van der Waals surface area contributed by atoms with Crippen molar-refractivity contribution in [3.8, 4) is 0 Å². The van der Waals surface area contributed by atoms with Crippen LogP contribution in [-0.4, -0.2) is 19.8 Å². The second-order valence-electron chi connectivity index (χ2n) is 3.24.